The van der Waals surface area contributed by atoms with Gasteiger partial charge in [0.2, 0.25) is 0 Å². The normalized spacial score (nSPS) is 12.6. The molecule has 96 valence electrons. The summed E-state index contributed by atoms with van der Waals surface area (Å²) in [7, 11) is 0. The number of aromatic nitrogens is 1. The fourth-order valence-corrected chi connectivity index (χ4v) is 3.55. The van der Waals surface area contributed by atoms with Gasteiger partial charge in [-0.25, -0.2) is 4.98 Å². The van der Waals surface area contributed by atoms with Gasteiger partial charge in [0.05, 0.1) is 5.01 Å². The van der Waals surface area contributed by atoms with Crippen LogP contribution in [0.2, 0.25) is 0 Å². The summed E-state index contributed by atoms with van der Waals surface area (Å²) in [5, 5.41) is 6.74. The van der Waals surface area contributed by atoms with Crippen LogP contribution in [0.5, 0.6) is 0 Å². The van der Waals surface area contributed by atoms with E-state index in [0.29, 0.717) is 6.04 Å². The standard InChI is InChI=1S/C13H14BrIN2S/c1-2-16-12(8-13-17-5-6-18-13)10-7-9(15)3-4-11(10)14/h3-7,12,16H,2,8H2,1H3. The SMILES string of the molecule is CCNC(Cc1nccs1)c1cc(I)ccc1Br. The first-order chi connectivity index (χ1) is 8.70. The van der Waals surface area contributed by atoms with E-state index in [1.54, 1.807) is 11.3 Å². The van der Waals surface area contributed by atoms with Crippen LogP contribution in [0.4, 0.5) is 0 Å². The van der Waals surface area contributed by atoms with Crippen molar-refractivity contribution in [2.75, 3.05) is 6.54 Å². The molecule has 1 heterocycles. The Morgan fingerprint density at radius 1 is 1.50 bits per heavy atom. The second-order valence-electron chi connectivity index (χ2n) is 3.91. The van der Waals surface area contributed by atoms with Gasteiger partial charge >= 0.3 is 0 Å². The Hall–Kier alpha value is 0.0200. The lowest BCUT2D eigenvalue weighted by Gasteiger charge is -2.19. The Labute approximate surface area is 133 Å². The number of likely N-dealkylation sites (N-methyl/N-ethyl adjacent to an activating group) is 1. The summed E-state index contributed by atoms with van der Waals surface area (Å²) in [4.78, 5) is 4.38. The molecular formula is C13H14BrIN2S. The van der Waals surface area contributed by atoms with Crippen LogP contribution in [0.15, 0.2) is 34.2 Å². The van der Waals surface area contributed by atoms with Gasteiger partial charge < -0.3 is 5.32 Å². The first kappa shape index (κ1) is 14.4. The van der Waals surface area contributed by atoms with Gasteiger partial charge in [-0.3, -0.25) is 0 Å². The summed E-state index contributed by atoms with van der Waals surface area (Å²) >= 11 is 7.71. The number of hydrogen-bond donors (Lipinski definition) is 1. The molecule has 1 aromatic carbocycles. The highest BCUT2D eigenvalue weighted by Crippen LogP contribution is 2.28. The predicted molar refractivity (Wildman–Crippen MR) is 89.1 cm³/mol. The molecule has 18 heavy (non-hydrogen) atoms. The topological polar surface area (TPSA) is 24.9 Å². The molecule has 0 aliphatic heterocycles. The van der Waals surface area contributed by atoms with E-state index >= 15 is 0 Å². The highest BCUT2D eigenvalue weighted by molar-refractivity contribution is 14.1. The van der Waals surface area contributed by atoms with Crippen molar-refractivity contribution in [1.29, 1.82) is 0 Å². The lowest BCUT2D eigenvalue weighted by Crippen LogP contribution is -2.23. The maximum Gasteiger partial charge on any atom is 0.0943 e. The molecule has 0 saturated heterocycles. The molecule has 0 fully saturated rings. The first-order valence-corrected chi connectivity index (χ1v) is 8.52. The Kier molecular flexibility index (Phi) is 5.59. The average molecular weight is 437 g/mol. The molecule has 0 saturated carbocycles. The van der Waals surface area contributed by atoms with Gasteiger partial charge in [-0.05, 0) is 52.9 Å². The minimum Gasteiger partial charge on any atom is -0.310 e. The molecule has 0 bridgehead atoms. The number of hydrogen-bond acceptors (Lipinski definition) is 3. The molecule has 2 nitrogen and oxygen atoms in total. The second kappa shape index (κ2) is 6.98. The van der Waals surface area contributed by atoms with E-state index < -0.39 is 0 Å². The largest absolute Gasteiger partial charge is 0.310 e. The van der Waals surface area contributed by atoms with E-state index in [4.69, 9.17) is 0 Å². The molecule has 1 atom stereocenters. The minimum absolute atomic E-state index is 0.310. The molecule has 2 rings (SSSR count). The number of thiazole rings is 1. The summed E-state index contributed by atoms with van der Waals surface area (Å²) < 4.78 is 2.42. The van der Waals surface area contributed by atoms with Crippen LogP contribution in [0.1, 0.15) is 23.5 Å². The van der Waals surface area contributed by atoms with Crippen molar-refractivity contribution in [3.05, 3.63) is 48.4 Å². The quantitative estimate of drug-likeness (QED) is 0.702. The van der Waals surface area contributed by atoms with E-state index in [1.807, 2.05) is 11.6 Å². The fourth-order valence-electron chi connectivity index (χ4n) is 1.85. The molecule has 0 aliphatic carbocycles. The zero-order valence-electron chi connectivity index (χ0n) is 9.99. The zero-order chi connectivity index (χ0) is 13.0. The highest BCUT2D eigenvalue weighted by Gasteiger charge is 2.15. The lowest BCUT2D eigenvalue weighted by atomic mass is 10.0. The van der Waals surface area contributed by atoms with E-state index in [0.717, 1.165) is 17.4 Å². The third-order valence-corrected chi connectivity index (χ3v) is 4.84. The molecule has 0 spiro atoms. The van der Waals surface area contributed by atoms with E-state index in [1.165, 1.54) is 14.1 Å². The van der Waals surface area contributed by atoms with Gasteiger partial charge in [-0.15, -0.1) is 11.3 Å². The van der Waals surface area contributed by atoms with Crippen LogP contribution in [0.25, 0.3) is 0 Å². The fraction of sp³-hybridized carbons (Fsp3) is 0.308. The molecule has 0 radical (unpaired) electrons. The maximum absolute atomic E-state index is 4.38. The van der Waals surface area contributed by atoms with Crippen LogP contribution in [0, 0.1) is 3.57 Å². The van der Waals surface area contributed by atoms with Crippen molar-refractivity contribution < 1.29 is 0 Å². The smallest absolute Gasteiger partial charge is 0.0943 e. The van der Waals surface area contributed by atoms with Crippen molar-refractivity contribution in [3.63, 3.8) is 0 Å². The average Bonchev–Trinajstić information content (AvgIpc) is 2.85. The van der Waals surface area contributed by atoms with Gasteiger partial charge in [0.1, 0.15) is 0 Å². The predicted octanol–water partition coefficient (Wildman–Crippen LogP) is 4.40. The highest BCUT2D eigenvalue weighted by atomic mass is 127. The number of nitrogens with one attached hydrogen (secondary N) is 1. The third-order valence-electron chi connectivity index (χ3n) is 2.65. The first-order valence-electron chi connectivity index (χ1n) is 5.77. The number of rotatable bonds is 5. The Morgan fingerprint density at radius 3 is 3.00 bits per heavy atom. The summed E-state index contributed by atoms with van der Waals surface area (Å²) in [6, 6.07) is 6.76. The van der Waals surface area contributed by atoms with Gasteiger partial charge in [-0.2, -0.15) is 0 Å². The van der Waals surface area contributed by atoms with Crippen LogP contribution in [0.3, 0.4) is 0 Å². The van der Waals surface area contributed by atoms with Gasteiger partial charge in [0.15, 0.2) is 0 Å². The number of halogens is 2. The number of benzene rings is 1. The molecule has 0 aliphatic rings. The molecule has 1 N–H and O–H groups in total. The van der Waals surface area contributed by atoms with Crippen LogP contribution in [-0.4, -0.2) is 11.5 Å². The van der Waals surface area contributed by atoms with E-state index in [-0.39, 0.29) is 0 Å². The van der Waals surface area contributed by atoms with Crippen molar-refractivity contribution >= 4 is 49.9 Å². The van der Waals surface area contributed by atoms with Crippen LogP contribution < -0.4 is 5.32 Å². The molecule has 2 aromatic rings. The maximum atomic E-state index is 4.38. The van der Waals surface area contributed by atoms with Crippen molar-refractivity contribution in [2.24, 2.45) is 0 Å². The van der Waals surface area contributed by atoms with Crippen LogP contribution >= 0.6 is 49.9 Å². The van der Waals surface area contributed by atoms with Crippen molar-refractivity contribution in [3.8, 4) is 0 Å². The second-order valence-corrected chi connectivity index (χ2v) is 6.99. The summed E-state index contributed by atoms with van der Waals surface area (Å²) in [6.07, 6.45) is 2.80. The minimum atomic E-state index is 0.310. The lowest BCUT2D eigenvalue weighted by molar-refractivity contribution is 0.546. The van der Waals surface area contributed by atoms with Crippen LogP contribution in [-0.2, 0) is 6.42 Å². The van der Waals surface area contributed by atoms with Gasteiger partial charge in [-0.1, -0.05) is 22.9 Å². The van der Waals surface area contributed by atoms with Gasteiger partial charge in [0.25, 0.3) is 0 Å². The third kappa shape index (κ3) is 3.76. The molecule has 5 heteroatoms. The Morgan fingerprint density at radius 2 is 2.33 bits per heavy atom. The Bertz CT molecular complexity index is 502. The van der Waals surface area contributed by atoms with Gasteiger partial charge in [0, 0.05) is 32.1 Å². The zero-order valence-corrected chi connectivity index (χ0v) is 14.5. The summed E-state index contributed by atoms with van der Waals surface area (Å²) in [5.41, 5.74) is 1.30. The summed E-state index contributed by atoms with van der Waals surface area (Å²) in [6.45, 7) is 3.09. The molecule has 1 unspecified atom stereocenters. The van der Waals surface area contributed by atoms with Crippen molar-refractivity contribution in [2.45, 2.75) is 19.4 Å². The van der Waals surface area contributed by atoms with E-state index in [2.05, 4.69) is 73.9 Å². The monoisotopic (exact) mass is 436 g/mol. The summed E-state index contributed by atoms with van der Waals surface area (Å²) in [5.74, 6) is 0. The van der Waals surface area contributed by atoms with Crippen molar-refractivity contribution in [1.82, 2.24) is 10.3 Å². The molecular weight excluding hydrogens is 423 g/mol. The molecule has 1 aromatic heterocycles. The molecule has 0 amide bonds. The Balaban J connectivity index is 2.26. The number of nitrogens with zero attached hydrogens (tertiary/aromatic N) is 1. The van der Waals surface area contributed by atoms with E-state index in [9.17, 15) is 0 Å².